The number of carbonyl (C=O) groups excluding carboxylic acids is 1. The van der Waals surface area contributed by atoms with Gasteiger partial charge in [-0.2, -0.15) is 0 Å². The maximum Gasteiger partial charge on any atom is 0.305 e. The first-order valence-electron chi connectivity index (χ1n) is 6.74. The monoisotopic (exact) mass is 295 g/mol. The van der Waals surface area contributed by atoms with E-state index in [2.05, 4.69) is 5.32 Å². The predicted octanol–water partition coefficient (Wildman–Crippen LogP) is 1.73. The van der Waals surface area contributed by atoms with Gasteiger partial charge in [0.1, 0.15) is 11.5 Å². The number of hydrogen-bond donors (Lipinski definition) is 2. The Kier molecular flexibility index (Phi) is 6.68. The van der Waals surface area contributed by atoms with Crippen molar-refractivity contribution in [3.8, 4) is 11.5 Å². The van der Waals surface area contributed by atoms with Gasteiger partial charge >= 0.3 is 5.97 Å². The zero-order chi connectivity index (χ0) is 15.8. The van der Waals surface area contributed by atoms with E-state index in [0.29, 0.717) is 23.6 Å². The molecule has 1 aromatic rings. The Bertz CT molecular complexity index is 501. The van der Waals surface area contributed by atoms with Gasteiger partial charge in [0.2, 0.25) is 0 Å². The molecule has 0 spiro atoms. The molecule has 1 atom stereocenters. The summed E-state index contributed by atoms with van der Waals surface area (Å²) in [6.45, 7) is 2.51. The first-order chi connectivity index (χ1) is 10.0. The summed E-state index contributed by atoms with van der Waals surface area (Å²) < 4.78 is 10.3. The Morgan fingerprint density at radius 3 is 2.52 bits per heavy atom. The van der Waals surface area contributed by atoms with Crippen LogP contribution in [0.3, 0.4) is 0 Å². The lowest BCUT2D eigenvalue weighted by atomic mass is 10.00. The number of carboxylic acid groups (broad SMARTS) is 1. The zero-order valence-electron chi connectivity index (χ0n) is 12.5. The molecule has 0 heterocycles. The molecule has 1 unspecified atom stereocenters. The molecule has 0 aliphatic heterocycles. The topological polar surface area (TPSA) is 84.9 Å². The molecule has 21 heavy (non-hydrogen) atoms. The van der Waals surface area contributed by atoms with Crippen molar-refractivity contribution in [3.63, 3.8) is 0 Å². The van der Waals surface area contributed by atoms with E-state index in [4.69, 9.17) is 14.6 Å². The van der Waals surface area contributed by atoms with Crippen LogP contribution >= 0.6 is 0 Å². The standard InChI is InChI=1S/C15H21NO5/c1-4-7-16-12(9-14(17)18)15(19)11-8-10(20-2)5-6-13(11)21-3/h5-6,8,12,16H,4,7,9H2,1-3H3,(H,17,18). The number of ketones is 1. The quantitative estimate of drug-likeness (QED) is 0.675. The Morgan fingerprint density at radius 2 is 2.00 bits per heavy atom. The summed E-state index contributed by atoms with van der Waals surface area (Å²) in [5.41, 5.74) is 0.312. The number of rotatable bonds is 9. The highest BCUT2D eigenvalue weighted by Crippen LogP contribution is 2.25. The largest absolute Gasteiger partial charge is 0.497 e. The maximum absolute atomic E-state index is 12.6. The predicted molar refractivity (Wildman–Crippen MR) is 78.2 cm³/mol. The molecule has 0 amide bonds. The van der Waals surface area contributed by atoms with Gasteiger partial charge in [-0.15, -0.1) is 0 Å². The van der Waals surface area contributed by atoms with Gasteiger partial charge in [-0.25, -0.2) is 0 Å². The van der Waals surface area contributed by atoms with Crippen LogP contribution in [0.1, 0.15) is 30.1 Å². The van der Waals surface area contributed by atoms with E-state index in [9.17, 15) is 9.59 Å². The zero-order valence-corrected chi connectivity index (χ0v) is 12.5. The van der Waals surface area contributed by atoms with Crippen LogP contribution in [0.4, 0.5) is 0 Å². The number of carbonyl (C=O) groups is 2. The summed E-state index contributed by atoms with van der Waals surface area (Å²) in [7, 11) is 2.96. The van der Waals surface area contributed by atoms with Gasteiger partial charge in [0, 0.05) is 0 Å². The summed E-state index contributed by atoms with van der Waals surface area (Å²) in [6, 6.07) is 4.08. The summed E-state index contributed by atoms with van der Waals surface area (Å²) >= 11 is 0. The van der Waals surface area contributed by atoms with Crippen molar-refractivity contribution in [2.75, 3.05) is 20.8 Å². The van der Waals surface area contributed by atoms with E-state index in [0.717, 1.165) is 6.42 Å². The van der Waals surface area contributed by atoms with E-state index in [1.165, 1.54) is 14.2 Å². The van der Waals surface area contributed by atoms with Crippen molar-refractivity contribution in [1.29, 1.82) is 0 Å². The summed E-state index contributed by atoms with van der Waals surface area (Å²) in [5, 5.41) is 11.9. The first-order valence-corrected chi connectivity index (χ1v) is 6.74. The lowest BCUT2D eigenvalue weighted by Gasteiger charge is -2.17. The van der Waals surface area contributed by atoms with Crippen LogP contribution in [0.5, 0.6) is 11.5 Å². The van der Waals surface area contributed by atoms with Crippen molar-refractivity contribution in [1.82, 2.24) is 5.32 Å². The third kappa shape index (κ3) is 4.75. The highest BCUT2D eigenvalue weighted by molar-refractivity contribution is 6.04. The normalized spacial score (nSPS) is 11.8. The number of Topliss-reactive ketones (excluding diaryl/α,β-unsaturated/α-hetero) is 1. The fourth-order valence-corrected chi connectivity index (χ4v) is 1.95. The van der Waals surface area contributed by atoms with Crippen LogP contribution < -0.4 is 14.8 Å². The van der Waals surface area contributed by atoms with Gasteiger partial charge in [-0.1, -0.05) is 6.92 Å². The van der Waals surface area contributed by atoms with Crippen LogP contribution in [0.2, 0.25) is 0 Å². The number of aliphatic carboxylic acids is 1. The van der Waals surface area contributed by atoms with Gasteiger partial charge in [-0.3, -0.25) is 9.59 Å². The molecule has 2 N–H and O–H groups in total. The number of carboxylic acids is 1. The molecule has 0 bridgehead atoms. The third-order valence-corrected chi connectivity index (χ3v) is 3.01. The fraction of sp³-hybridized carbons (Fsp3) is 0.467. The minimum atomic E-state index is -1.03. The molecule has 1 rings (SSSR count). The Balaban J connectivity index is 3.08. The van der Waals surface area contributed by atoms with Gasteiger partial charge in [0.25, 0.3) is 0 Å². The molecule has 116 valence electrons. The highest BCUT2D eigenvalue weighted by Gasteiger charge is 2.25. The molecule has 1 aromatic carbocycles. The van der Waals surface area contributed by atoms with Gasteiger partial charge in [0.05, 0.1) is 32.2 Å². The molecule has 6 heteroatoms. The molecule has 0 aliphatic rings. The Hall–Kier alpha value is -2.08. The molecule has 6 nitrogen and oxygen atoms in total. The SMILES string of the molecule is CCCNC(CC(=O)O)C(=O)c1cc(OC)ccc1OC. The lowest BCUT2D eigenvalue weighted by molar-refractivity contribution is -0.137. The number of methoxy groups -OCH3 is 2. The van der Waals surface area contributed by atoms with E-state index < -0.39 is 12.0 Å². The van der Waals surface area contributed by atoms with Crippen LogP contribution in [-0.2, 0) is 4.79 Å². The van der Waals surface area contributed by atoms with Gasteiger partial charge in [-0.05, 0) is 31.2 Å². The Morgan fingerprint density at radius 1 is 1.29 bits per heavy atom. The molecule has 0 fully saturated rings. The third-order valence-electron chi connectivity index (χ3n) is 3.01. The van der Waals surface area contributed by atoms with Crippen LogP contribution in [0.25, 0.3) is 0 Å². The number of hydrogen-bond acceptors (Lipinski definition) is 5. The van der Waals surface area contributed by atoms with Crippen molar-refractivity contribution in [2.24, 2.45) is 0 Å². The van der Waals surface area contributed by atoms with E-state index in [1.54, 1.807) is 18.2 Å². The summed E-state index contributed by atoms with van der Waals surface area (Å²) in [4.78, 5) is 23.5. The van der Waals surface area contributed by atoms with Crippen molar-refractivity contribution >= 4 is 11.8 Å². The Labute approximate surface area is 124 Å². The van der Waals surface area contributed by atoms with Gasteiger partial charge < -0.3 is 19.9 Å². The second kappa shape index (κ2) is 8.26. The second-order valence-electron chi connectivity index (χ2n) is 4.54. The van der Waals surface area contributed by atoms with Crippen LogP contribution in [-0.4, -0.2) is 43.7 Å². The lowest BCUT2D eigenvalue weighted by Crippen LogP contribution is -2.39. The average molecular weight is 295 g/mol. The molecule has 0 saturated carbocycles. The number of benzene rings is 1. The minimum Gasteiger partial charge on any atom is -0.497 e. The fourth-order valence-electron chi connectivity index (χ4n) is 1.95. The second-order valence-corrected chi connectivity index (χ2v) is 4.54. The molecular weight excluding hydrogens is 274 g/mol. The van der Waals surface area contributed by atoms with Crippen molar-refractivity contribution < 1.29 is 24.2 Å². The van der Waals surface area contributed by atoms with E-state index in [1.807, 2.05) is 6.92 Å². The van der Waals surface area contributed by atoms with E-state index in [-0.39, 0.29) is 12.2 Å². The van der Waals surface area contributed by atoms with Crippen molar-refractivity contribution in [3.05, 3.63) is 23.8 Å². The minimum absolute atomic E-state index is 0.279. The molecule has 0 radical (unpaired) electrons. The first kappa shape index (κ1) is 17.0. The average Bonchev–Trinajstić information content (AvgIpc) is 2.49. The van der Waals surface area contributed by atoms with Gasteiger partial charge in [0.15, 0.2) is 5.78 Å². The molecule has 0 saturated heterocycles. The molecule has 0 aromatic heterocycles. The van der Waals surface area contributed by atoms with Crippen molar-refractivity contribution in [2.45, 2.75) is 25.8 Å². The van der Waals surface area contributed by atoms with E-state index >= 15 is 0 Å². The highest BCUT2D eigenvalue weighted by atomic mass is 16.5. The van der Waals surface area contributed by atoms with Crippen LogP contribution in [0, 0.1) is 0 Å². The summed E-state index contributed by atoms with van der Waals surface area (Å²) in [6.07, 6.45) is 0.526. The van der Waals surface area contributed by atoms with Crippen LogP contribution in [0.15, 0.2) is 18.2 Å². The molecular formula is C15H21NO5. The molecule has 0 aliphatic carbocycles. The smallest absolute Gasteiger partial charge is 0.305 e. The number of ether oxygens (including phenoxy) is 2. The number of nitrogens with one attached hydrogen (secondary N) is 1. The maximum atomic E-state index is 12.6. The summed E-state index contributed by atoms with van der Waals surface area (Å²) in [5.74, 6) is -0.432.